The normalized spacial score (nSPS) is 18.5. The van der Waals surface area contributed by atoms with E-state index in [2.05, 4.69) is 13.8 Å². The molecule has 1 saturated heterocycles. The molecule has 1 fully saturated rings. The molecule has 1 unspecified atom stereocenters. The van der Waals surface area contributed by atoms with Crippen molar-refractivity contribution in [3.8, 4) is 0 Å². The van der Waals surface area contributed by atoms with Crippen LogP contribution in [0.1, 0.15) is 51.2 Å². The number of likely N-dealkylation sites (N-methyl/N-ethyl adjacent to an activating group) is 1. The molecular formula is C20H30N2O4S. The topological polar surface area (TPSA) is 74.8 Å². The van der Waals surface area contributed by atoms with Crippen molar-refractivity contribution in [2.45, 2.75) is 53.0 Å². The highest BCUT2D eigenvalue weighted by molar-refractivity contribution is 7.91. The van der Waals surface area contributed by atoms with E-state index in [0.717, 1.165) is 16.8 Å². The minimum atomic E-state index is -3.08. The van der Waals surface area contributed by atoms with Crippen molar-refractivity contribution in [1.29, 1.82) is 0 Å². The average Bonchev–Trinajstić information content (AvgIpc) is 2.92. The summed E-state index contributed by atoms with van der Waals surface area (Å²) in [6.45, 7) is 9.69. The fraction of sp³-hybridized carbons (Fsp3) is 0.600. The Hall–Kier alpha value is -1.89. The van der Waals surface area contributed by atoms with E-state index in [1.807, 2.05) is 32.0 Å². The summed E-state index contributed by atoms with van der Waals surface area (Å²) in [4.78, 5) is 28.5. The van der Waals surface area contributed by atoms with Gasteiger partial charge in [0.05, 0.1) is 17.2 Å². The highest BCUT2D eigenvalue weighted by Crippen LogP contribution is 2.31. The number of sulfone groups is 1. The molecule has 0 N–H and O–H groups in total. The SMILES string of the molecule is CCN(C(=O)CN(C(C)=O)c1c(C)cccc1C(C)C)C1CCS(=O)(=O)C1. The zero-order valence-corrected chi connectivity index (χ0v) is 17.7. The molecule has 0 saturated carbocycles. The van der Waals surface area contributed by atoms with E-state index >= 15 is 0 Å². The van der Waals surface area contributed by atoms with Gasteiger partial charge in [-0.2, -0.15) is 0 Å². The van der Waals surface area contributed by atoms with Crippen LogP contribution in [-0.4, -0.2) is 55.8 Å². The Morgan fingerprint density at radius 1 is 1.26 bits per heavy atom. The minimum absolute atomic E-state index is 0.00819. The molecule has 150 valence electrons. The molecule has 2 amide bonds. The third-order valence-corrected chi connectivity index (χ3v) is 6.89. The lowest BCUT2D eigenvalue weighted by Crippen LogP contribution is -2.47. The van der Waals surface area contributed by atoms with E-state index in [0.29, 0.717) is 13.0 Å². The Morgan fingerprint density at radius 2 is 1.93 bits per heavy atom. The second kappa shape index (κ2) is 8.42. The highest BCUT2D eigenvalue weighted by Gasteiger charge is 2.35. The van der Waals surface area contributed by atoms with Gasteiger partial charge in [-0.1, -0.05) is 32.0 Å². The van der Waals surface area contributed by atoms with Crippen molar-refractivity contribution < 1.29 is 18.0 Å². The van der Waals surface area contributed by atoms with Crippen LogP contribution in [0.4, 0.5) is 5.69 Å². The van der Waals surface area contributed by atoms with Gasteiger partial charge in [0.2, 0.25) is 11.8 Å². The first kappa shape index (κ1) is 21.4. The Labute approximate surface area is 162 Å². The molecule has 27 heavy (non-hydrogen) atoms. The van der Waals surface area contributed by atoms with E-state index in [9.17, 15) is 18.0 Å². The number of carbonyl (C=O) groups excluding carboxylic acids is 2. The quantitative estimate of drug-likeness (QED) is 0.743. The van der Waals surface area contributed by atoms with Gasteiger partial charge in [-0.15, -0.1) is 0 Å². The molecule has 7 heteroatoms. The standard InChI is InChI=1S/C20H30N2O4S/c1-6-21(17-10-11-27(25,26)13-17)19(24)12-22(16(5)23)20-15(4)8-7-9-18(20)14(2)3/h7-9,14,17H,6,10-13H2,1-5H3. The zero-order valence-electron chi connectivity index (χ0n) is 16.9. The fourth-order valence-electron chi connectivity index (χ4n) is 3.75. The molecule has 0 bridgehead atoms. The molecule has 1 aromatic carbocycles. The van der Waals surface area contributed by atoms with E-state index in [1.165, 1.54) is 11.8 Å². The number of carbonyl (C=O) groups is 2. The lowest BCUT2D eigenvalue weighted by molar-refractivity contribution is -0.132. The van der Waals surface area contributed by atoms with Gasteiger partial charge in [-0.05, 0) is 37.3 Å². The molecule has 1 aliphatic rings. The maximum absolute atomic E-state index is 13.0. The smallest absolute Gasteiger partial charge is 0.242 e. The number of hydrogen-bond donors (Lipinski definition) is 0. The monoisotopic (exact) mass is 394 g/mol. The average molecular weight is 395 g/mol. The number of amides is 2. The van der Waals surface area contributed by atoms with Crippen LogP contribution in [0.5, 0.6) is 0 Å². The van der Waals surface area contributed by atoms with Crippen LogP contribution >= 0.6 is 0 Å². The first-order chi connectivity index (χ1) is 12.6. The number of para-hydroxylation sites is 1. The third-order valence-electron chi connectivity index (χ3n) is 5.14. The summed E-state index contributed by atoms with van der Waals surface area (Å²) in [7, 11) is -3.08. The summed E-state index contributed by atoms with van der Waals surface area (Å²) in [5.74, 6) is -0.0805. The number of hydrogen-bond acceptors (Lipinski definition) is 4. The molecule has 1 atom stereocenters. The lowest BCUT2D eigenvalue weighted by Gasteiger charge is -2.32. The summed E-state index contributed by atoms with van der Waals surface area (Å²) >= 11 is 0. The van der Waals surface area contributed by atoms with Gasteiger partial charge in [-0.25, -0.2) is 8.42 Å². The summed E-state index contributed by atoms with van der Waals surface area (Å²) < 4.78 is 23.6. The number of benzene rings is 1. The Morgan fingerprint density at radius 3 is 2.41 bits per heavy atom. The van der Waals surface area contributed by atoms with Crippen LogP contribution in [0.15, 0.2) is 18.2 Å². The summed E-state index contributed by atoms with van der Waals surface area (Å²) in [5.41, 5.74) is 2.74. The van der Waals surface area contributed by atoms with Crippen LogP contribution < -0.4 is 4.90 Å². The first-order valence-electron chi connectivity index (χ1n) is 9.44. The van der Waals surface area contributed by atoms with Gasteiger partial charge in [0.1, 0.15) is 6.54 Å². The highest BCUT2D eigenvalue weighted by atomic mass is 32.2. The second-order valence-electron chi connectivity index (χ2n) is 7.51. The van der Waals surface area contributed by atoms with Crippen molar-refractivity contribution in [2.75, 3.05) is 29.5 Å². The Bertz CT molecular complexity index is 817. The number of rotatable bonds is 6. The molecule has 0 aromatic heterocycles. The molecule has 6 nitrogen and oxygen atoms in total. The first-order valence-corrected chi connectivity index (χ1v) is 11.3. The molecule has 0 aliphatic carbocycles. The van der Waals surface area contributed by atoms with Crippen molar-refractivity contribution >= 4 is 27.3 Å². The number of aryl methyl sites for hydroxylation is 1. The third kappa shape index (κ3) is 4.89. The van der Waals surface area contributed by atoms with Gasteiger partial charge in [-0.3, -0.25) is 9.59 Å². The lowest BCUT2D eigenvalue weighted by atomic mass is 9.97. The molecule has 0 spiro atoms. The molecule has 1 aliphatic heterocycles. The summed E-state index contributed by atoms with van der Waals surface area (Å²) in [6, 6.07) is 5.57. The van der Waals surface area contributed by atoms with Crippen LogP contribution in [0.2, 0.25) is 0 Å². The Balaban J connectivity index is 2.31. The van der Waals surface area contributed by atoms with E-state index in [-0.39, 0.29) is 41.8 Å². The minimum Gasteiger partial charge on any atom is -0.337 e. The molecule has 2 rings (SSSR count). The fourth-order valence-corrected chi connectivity index (χ4v) is 5.48. The van der Waals surface area contributed by atoms with Crippen molar-refractivity contribution in [1.82, 2.24) is 4.90 Å². The molecule has 1 heterocycles. The van der Waals surface area contributed by atoms with Crippen LogP contribution in [-0.2, 0) is 19.4 Å². The Kier molecular flexibility index (Phi) is 6.68. The second-order valence-corrected chi connectivity index (χ2v) is 9.74. The summed E-state index contributed by atoms with van der Waals surface area (Å²) in [5, 5.41) is 0. The zero-order chi connectivity index (χ0) is 20.4. The summed E-state index contributed by atoms with van der Waals surface area (Å²) in [6.07, 6.45) is 0.462. The van der Waals surface area contributed by atoms with Crippen LogP contribution in [0.25, 0.3) is 0 Å². The predicted octanol–water partition coefficient (Wildman–Crippen LogP) is 2.51. The van der Waals surface area contributed by atoms with Gasteiger partial charge in [0.15, 0.2) is 9.84 Å². The van der Waals surface area contributed by atoms with E-state index < -0.39 is 9.84 Å². The van der Waals surface area contributed by atoms with E-state index in [1.54, 1.807) is 4.90 Å². The van der Waals surface area contributed by atoms with Gasteiger partial charge >= 0.3 is 0 Å². The van der Waals surface area contributed by atoms with Gasteiger partial charge in [0.25, 0.3) is 0 Å². The maximum atomic E-state index is 13.0. The van der Waals surface area contributed by atoms with E-state index in [4.69, 9.17) is 0 Å². The number of nitrogens with zero attached hydrogens (tertiary/aromatic N) is 2. The van der Waals surface area contributed by atoms with Crippen molar-refractivity contribution in [3.05, 3.63) is 29.3 Å². The van der Waals surface area contributed by atoms with Crippen molar-refractivity contribution in [2.24, 2.45) is 0 Å². The van der Waals surface area contributed by atoms with Crippen molar-refractivity contribution in [3.63, 3.8) is 0 Å². The molecule has 0 radical (unpaired) electrons. The van der Waals surface area contributed by atoms with Gasteiger partial charge in [0, 0.05) is 19.5 Å². The van der Waals surface area contributed by atoms with Gasteiger partial charge < -0.3 is 9.80 Å². The largest absolute Gasteiger partial charge is 0.337 e. The molecule has 1 aromatic rings. The molecular weight excluding hydrogens is 364 g/mol. The number of anilines is 1. The predicted molar refractivity (Wildman–Crippen MR) is 108 cm³/mol. The van der Waals surface area contributed by atoms with Crippen LogP contribution in [0, 0.1) is 6.92 Å². The maximum Gasteiger partial charge on any atom is 0.242 e. The van der Waals surface area contributed by atoms with Crippen LogP contribution in [0.3, 0.4) is 0 Å².